The van der Waals surface area contributed by atoms with Crippen molar-refractivity contribution in [1.29, 1.82) is 0 Å². The molecule has 0 aliphatic carbocycles. The van der Waals surface area contributed by atoms with Gasteiger partial charge in [0.2, 0.25) is 5.43 Å². The third-order valence-electron chi connectivity index (χ3n) is 3.86. The van der Waals surface area contributed by atoms with Gasteiger partial charge in [-0.15, -0.1) is 0 Å². The minimum atomic E-state index is -0.328. The molecule has 118 valence electrons. The summed E-state index contributed by atoms with van der Waals surface area (Å²) in [7, 11) is 1.55. The molecular formula is C17H22N2O3. The van der Waals surface area contributed by atoms with Gasteiger partial charge in [-0.05, 0) is 38.5 Å². The molecule has 1 atom stereocenters. The monoisotopic (exact) mass is 302 g/mol. The summed E-state index contributed by atoms with van der Waals surface area (Å²) in [6.45, 7) is 6.55. The van der Waals surface area contributed by atoms with Crippen molar-refractivity contribution in [3.05, 3.63) is 40.2 Å². The fourth-order valence-electron chi connectivity index (χ4n) is 2.33. The predicted octanol–water partition coefficient (Wildman–Crippen LogP) is 2.56. The molecule has 0 unspecified atom stereocenters. The van der Waals surface area contributed by atoms with Crippen LogP contribution < -0.4 is 15.5 Å². The highest BCUT2D eigenvalue weighted by Gasteiger charge is 2.16. The maximum atomic E-state index is 12.6. The minimum Gasteiger partial charge on any atom is -0.497 e. The van der Waals surface area contributed by atoms with E-state index in [9.17, 15) is 9.59 Å². The molecule has 0 aliphatic rings. The fraction of sp³-hybridized carbons (Fsp3) is 0.412. The number of rotatable bonds is 5. The second-order valence-electron chi connectivity index (χ2n) is 5.32. The van der Waals surface area contributed by atoms with Crippen molar-refractivity contribution in [3.63, 3.8) is 0 Å². The summed E-state index contributed by atoms with van der Waals surface area (Å²) in [5, 5.41) is 3.35. The topological polar surface area (TPSA) is 60.3 Å². The zero-order valence-corrected chi connectivity index (χ0v) is 13.5. The molecule has 1 aromatic carbocycles. The van der Waals surface area contributed by atoms with Gasteiger partial charge in [0, 0.05) is 18.8 Å². The third-order valence-corrected chi connectivity index (χ3v) is 3.86. The molecule has 1 amide bonds. The molecule has 5 nitrogen and oxygen atoms in total. The Bertz CT molecular complexity index is 749. The number of aromatic nitrogens is 1. The van der Waals surface area contributed by atoms with E-state index >= 15 is 0 Å². The average Bonchev–Trinajstić information content (AvgIpc) is 2.54. The Labute approximate surface area is 129 Å². The van der Waals surface area contributed by atoms with Crippen LogP contribution in [0.4, 0.5) is 0 Å². The second kappa shape index (κ2) is 6.64. The Hall–Kier alpha value is -2.30. The van der Waals surface area contributed by atoms with Crippen LogP contribution in [0.2, 0.25) is 0 Å². The van der Waals surface area contributed by atoms with E-state index in [-0.39, 0.29) is 22.9 Å². The zero-order chi connectivity index (χ0) is 16.3. The van der Waals surface area contributed by atoms with Gasteiger partial charge >= 0.3 is 0 Å². The highest BCUT2D eigenvalue weighted by Crippen LogP contribution is 2.19. The van der Waals surface area contributed by atoms with Gasteiger partial charge in [0.1, 0.15) is 11.3 Å². The Kier molecular flexibility index (Phi) is 4.85. The first kappa shape index (κ1) is 16.1. The highest BCUT2D eigenvalue weighted by atomic mass is 16.5. The number of benzene rings is 1. The minimum absolute atomic E-state index is 0.0305. The van der Waals surface area contributed by atoms with Crippen LogP contribution >= 0.6 is 0 Å². The standard InChI is InChI=1S/C17H22N2O3/c1-5-11(3)18-17(21)14-10-19(6-2)15-8-7-12(22-4)9-13(15)16(14)20/h7-11H,5-6H2,1-4H3,(H,18,21)/t11-/m1/s1. The molecule has 0 saturated carbocycles. The summed E-state index contributed by atoms with van der Waals surface area (Å²) in [6, 6.07) is 5.37. The van der Waals surface area contributed by atoms with Gasteiger partial charge in [-0.2, -0.15) is 0 Å². The van der Waals surface area contributed by atoms with E-state index in [1.54, 1.807) is 19.4 Å². The van der Waals surface area contributed by atoms with E-state index < -0.39 is 0 Å². The first-order valence-corrected chi connectivity index (χ1v) is 7.53. The molecule has 0 fully saturated rings. The Balaban J connectivity index is 2.62. The molecule has 2 aromatic rings. The summed E-state index contributed by atoms with van der Waals surface area (Å²) in [6.07, 6.45) is 2.45. The first-order chi connectivity index (χ1) is 10.5. The fourth-order valence-corrected chi connectivity index (χ4v) is 2.33. The van der Waals surface area contributed by atoms with Crippen LogP contribution in [-0.2, 0) is 6.54 Å². The summed E-state index contributed by atoms with van der Waals surface area (Å²) in [5.74, 6) is 0.276. The molecule has 0 spiro atoms. The molecule has 0 aliphatic heterocycles. The normalized spacial score (nSPS) is 12.2. The quantitative estimate of drug-likeness (QED) is 0.923. The molecule has 1 aromatic heterocycles. The van der Waals surface area contributed by atoms with Gasteiger partial charge in [-0.1, -0.05) is 6.92 Å². The molecule has 5 heteroatoms. The summed E-state index contributed by atoms with van der Waals surface area (Å²) in [5.41, 5.74) is 0.704. The number of hydrogen-bond donors (Lipinski definition) is 1. The molecule has 1 heterocycles. The lowest BCUT2D eigenvalue weighted by Crippen LogP contribution is -2.35. The van der Waals surface area contributed by atoms with Crippen LogP contribution in [-0.4, -0.2) is 23.6 Å². The third kappa shape index (κ3) is 2.98. The van der Waals surface area contributed by atoms with E-state index in [2.05, 4.69) is 5.32 Å². The molecule has 1 N–H and O–H groups in total. The molecular weight excluding hydrogens is 280 g/mol. The molecule has 2 rings (SSSR count). The number of ether oxygens (including phenoxy) is 1. The lowest BCUT2D eigenvalue weighted by atomic mass is 10.1. The maximum absolute atomic E-state index is 12.6. The number of carbonyl (C=O) groups excluding carboxylic acids is 1. The van der Waals surface area contributed by atoms with Crippen molar-refractivity contribution in [2.45, 2.75) is 39.8 Å². The molecule has 22 heavy (non-hydrogen) atoms. The van der Waals surface area contributed by atoms with Gasteiger partial charge in [0.25, 0.3) is 5.91 Å². The summed E-state index contributed by atoms with van der Waals surface area (Å²) >= 11 is 0. The first-order valence-electron chi connectivity index (χ1n) is 7.53. The maximum Gasteiger partial charge on any atom is 0.256 e. The van der Waals surface area contributed by atoms with Gasteiger partial charge < -0.3 is 14.6 Å². The molecule has 0 bridgehead atoms. The zero-order valence-electron chi connectivity index (χ0n) is 13.5. The predicted molar refractivity (Wildman–Crippen MR) is 87.7 cm³/mol. The Morgan fingerprint density at radius 2 is 2.09 bits per heavy atom. The van der Waals surface area contributed by atoms with Crippen LogP contribution in [0, 0.1) is 0 Å². The second-order valence-corrected chi connectivity index (χ2v) is 5.32. The lowest BCUT2D eigenvalue weighted by molar-refractivity contribution is 0.0937. The van der Waals surface area contributed by atoms with E-state index in [4.69, 9.17) is 4.74 Å². The number of amides is 1. The van der Waals surface area contributed by atoms with Crippen LogP contribution in [0.15, 0.2) is 29.2 Å². The lowest BCUT2D eigenvalue weighted by Gasteiger charge is -2.14. The number of nitrogens with one attached hydrogen (secondary N) is 1. The molecule has 0 saturated heterocycles. The average molecular weight is 302 g/mol. The molecule has 0 radical (unpaired) electrons. The van der Waals surface area contributed by atoms with Crippen LogP contribution in [0.25, 0.3) is 10.9 Å². The number of pyridine rings is 1. The number of methoxy groups -OCH3 is 1. The van der Waals surface area contributed by atoms with Gasteiger partial charge in [0.05, 0.1) is 18.0 Å². The van der Waals surface area contributed by atoms with Gasteiger partial charge in [-0.25, -0.2) is 0 Å². The van der Waals surface area contributed by atoms with E-state index in [0.29, 0.717) is 17.7 Å². The van der Waals surface area contributed by atoms with Crippen LogP contribution in [0.5, 0.6) is 5.75 Å². The number of fused-ring (bicyclic) bond motifs is 1. The Morgan fingerprint density at radius 1 is 1.36 bits per heavy atom. The van der Waals surface area contributed by atoms with E-state index in [1.165, 1.54) is 0 Å². The summed E-state index contributed by atoms with van der Waals surface area (Å²) in [4.78, 5) is 25.0. The van der Waals surface area contributed by atoms with Crippen molar-refractivity contribution in [2.24, 2.45) is 0 Å². The van der Waals surface area contributed by atoms with Gasteiger partial charge in [-0.3, -0.25) is 9.59 Å². The number of nitrogens with zero attached hydrogens (tertiary/aromatic N) is 1. The van der Waals surface area contributed by atoms with Gasteiger partial charge in [0.15, 0.2) is 0 Å². The van der Waals surface area contributed by atoms with Crippen molar-refractivity contribution in [3.8, 4) is 5.75 Å². The number of hydrogen-bond acceptors (Lipinski definition) is 3. The van der Waals surface area contributed by atoms with Crippen molar-refractivity contribution >= 4 is 16.8 Å². The Morgan fingerprint density at radius 3 is 2.68 bits per heavy atom. The van der Waals surface area contributed by atoms with E-state index in [1.807, 2.05) is 37.5 Å². The van der Waals surface area contributed by atoms with Crippen molar-refractivity contribution in [2.75, 3.05) is 7.11 Å². The number of carbonyl (C=O) groups is 1. The number of aryl methyl sites for hydroxylation is 1. The largest absolute Gasteiger partial charge is 0.497 e. The van der Waals surface area contributed by atoms with Crippen molar-refractivity contribution < 1.29 is 9.53 Å². The smallest absolute Gasteiger partial charge is 0.256 e. The van der Waals surface area contributed by atoms with Crippen LogP contribution in [0.1, 0.15) is 37.6 Å². The van der Waals surface area contributed by atoms with Crippen molar-refractivity contribution in [1.82, 2.24) is 9.88 Å². The van der Waals surface area contributed by atoms with Crippen LogP contribution in [0.3, 0.4) is 0 Å². The van der Waals surface area contributed by atoms with E-state index in [0.717, 1.165) is 11.9 Å². The highest BCUT2D eigenvalue weighted by molar-refractivity contribution is 5.97. The SMILES string of the molecule is CC[C@@H](C)NC(=O)c1cn(CC)c2ccc(OC)cc2c1=O. The summed E-state index contributed by atoms with van der Waals surface area (Å²) < 4.78 is 7.09.